The van der Waals surface area contributed by atoms with Crippen LogP contribution in [0.2, 0.25) is 0 Å². The molecule has 0 radical (unpaired) electrons. The third-order valence-electron chi connectivity index (χ3n) is 4.36. The standard InChI is InChI=1S/C18H14F3N5O2/c1-28-15-12(9-25-8-11-4-2-3-5-14(11)16(25)27)10-26(24-15)13-6-22-17(23-7-13)18(19,20)21/h2-7,10H,8-9H2,1H3. The molecule has 1 aromatic carbocycles. The van der Waals surface area contributed by atoms with Crippen molar-refractivity contribution in [3.63, 3.8) is 0 Å². The van der Waals surface area contributed by atoms with Crippen LogP contribution in [0.3, 0.4) is 0 Å². The van der Waals surface area contributed by atoms with Crippen LogP contribution in [0.25, 0.3) is 5.69 Å². The van der Waals surface area contributed by atoms with Gasteiger partial charge in [0.15, 0.2) is 0 Å². The normalized spacial score (nSPS) is 13.7. The number of benzene rings is 1. The van der Waals surface area contributed by atoms with Gasteiger partial charge in [0.25, 0.3) is 5.91 Å². The van der Waals surface area contributed by atoms with E-state index in [9.17, 15) is 18.0 Å². The Morgan fingerprint density at radius 3 is 2.54 bits per heavy atom. The number of amides is 1. The molecule has 0 bridgehead atoms. The van der Waals surface area contributed by atoms with Gasteiger partial charge in [0, 0.05) is 18.3 Å². The van der Waals surface area contributed by atoms with Gasteiger partial charge in [-0.3, -0.25) is 4.79 Å². The third kappa shape index (κ3) is 3.17. The topological polar surface area (TPSA) is 73.1 Å². The highest BCUT2D eigenvalue weighted by Gasteiger charge is 2.34. The van der Waals surface area contributed by atoms with E-state index in [1.165, 1.54) is 11.8 Å². The molecule has 0 fully saturated rings. The summed E-state index contributed by atoms with van der Waals surface area (Å²) in [5.74, 6) is -1.05. The van der Waals surface area contributed by atoms with Gasteiger partial charge in [-0.15, -0.1) is 5.10 Å². The van der Waals surface area contributed by atoms with Gasteiger partial charge >= 0.3 is 6.18 Å². The molecule has 4 rings (SSSR count). The monoisotopic (exact) mass is 389 g/mol. The van der Waals surface area contributed by atoms with Crippen LogP contribution in [0.4, 0.5) is 13.2 Å². The SMILES string of the molecule is COc1nn(-c2cnc(C(F)(F)F)nc2)cc1CN1Cc2ccccc2C1=O. The fourth-order valence-corrected chi connectivity index (χ4v) is 3.04. The number of nitrogens with zero attached hydrogens (tertiary/aromatic N) is 5. The van der Waals surface area contributed by atoms with Crippen molar-refractivity contribution in [1.29, 1.82) is 0 Å². The number of hydrogen-bond acceptors (Lipinski definition) is 5. The van der Waals surface area contributed by atoms with E-state index in [1.807, 2.05) is 18.2 Å². The Morgan fingerprint density at radius 2 is 1.89 bits per heavy atom. The van der Waals surface area contributed by atoms with Crippen molar-refractivity contribution in [3.05, 3.63) is 65.4 Å². The van der Waals surface area contributed by atoms with Crippen LogP contribution in [0.5, 0.6) is 5.88 Å². The molecule has 144 valence electrons. The number of rotatable bonds is 4. The number of fused-ring (bicyclic) bond motifs is 1. The van der Waals surface area contributed by atoms with Crippen LogP contribution in [-0.4, -0.2) is 37.7 Å². The lowest BCUT2D eigenvalue weighted by atomic mass is 10.1. The molecule has 7 nitrogen and oxygen atoms in total. The summed E-state index contributed by atoms with van der Waals surface area (Å²) in [6.07, 6.45) is -0.969. The molecule has 3 aromatic rings. The van der Waals surface area contributed by atoms with Crippen LogP contribution in [0, 0.1) is 0 Å². The van der Waals surface area contributed by atoms with Crippen LogP contribution in [0.15, 0.2) is 42.9 Å². The quantitative estimate of drug-likeness (QED) is 0.686. The molecule has 10 heteroatoms. The molecule has 2 aromatic heterocycles. The molecule has 28 heavy (non-hydrogen) atoms. The van der Waals surface area contributed by atoms with Crippen LogP contribution in [-0.2, 0) is 19.3 Å². The van der Waals surface area contributed by atoms with Crippen molar-refractivity contribution in [2.75, 3.05) is 7.11 Å². The average Bonchev–Trinajstić information content (AvgIpc) is 3.23. The molecule has 0 spiro atoms. The van der Waals surface area contributed by atoms with E-state index in [1.54, 1.807) is 17.2 Å². The lowest BCUT2D eigenvalue weighted by Gasteiger charge is -2.14. The summed E-state index contributed by atoms with van der Waals surface area (Å²) in [5, 5.41) is 4.20. The molecule has 0 unspecified atom stereocenters. The fraction of sp³-hybridized carbons (Fsp3) is 0.222. The maximum atomic E-state index is 12.6. The van der Waals surface area contributed by atoms with E-state index >= 15 is 0 Å². The number of ether oxygens (including phenoxy) is 1. The second-order valence-electron chi connectivity index (χ2n) is 6.19. The van der Waals surface area contributed by atoms with Crippen LogP contribution < -0.4 is 4.74 Å². The maximum Gasteiger partial charge on any atom is 0.451 e. The highest BCUT2D eigenvalue weighted by atomic mass is 19.4. The summed E-state index contributed by atoms with van der Waals surface area (Å²) in [6.45, 7) is 0.713. The van der Waals surface area contributed by atoms with E-state index in [2.05, 4.69) is 15.1 Å². The summed E-state index contributed by atoms with van der Waals surface area (Å²) in [4.78, 5) is 20.9. The minimum absolute atomic E-state index is 0.0942. The summed E-state index contributed by atoms with van der Waals surface area (Å²) < 4.78 is 44.4. The second-order valence-corrected chi connectivity index (χ2v) is 6.19. The Kier molecular flexibility index (Phi) is 4.25. The minimum atomic E-state index is -4.61. The highest BCUT2D eigenvalue weighted by Crippen LogP contribution is 2.28. The molecule has 0 aliphatic carbocycles. The second kappa shape index (κ2) is 6.63. The first-order valence-electron chi connectivity index (χ1n) is 8.26. The lowest BCUT2D eigenvalue weighted by Crippen LogP contribution is -2.23. The van der Waals surface area contributed by atoms with Gasteiger partial charge in [-0.05, 0) is 11.6 Å². The predicted molar refractivity (Wildman–Crippen MR) is 90.7 cm³/mol. The third-order valence-corrected chi connectivity index (χ3v) is 4.36. The fourth-order valence-electron chi connectivity index (χ4n) is 3.04. The molecule has 1 aliphatic heterocycles. The Balaban J connectivity index is 1.58. The number of alkyl halides is 3. The van der Waals surface area contributed by atoms with E-state index in [4.69, 9.17) is 4.74 Å². The summed E-state index contributed by atoms with van der Waals surface area (Å²) in [7, 11) is 1.43. The zero-order valence-corrected chi connectivity index (χ0v) is 14.6. The van der Waals surface area contributed by atoms with E-state index < -0.39 is 12.0 Å². The zero-order valence-electron chi connectivity index (χ0n) is 14.6. The maximum absolute atomic E-state index is 12.6. The number of hydrogen-bond donors (Lipinski definition) is 0. The van der Waals surface area contributed by atoms with Crippen molar-refractivity contribution in [3.8, 4) is 11.6 Å². The molecule has 1 aliphatic rings. The molecular formula is C18H14F3N5O2. The van der Waals surface area contributed by atoms with E-state index in [0.717, 1.165) is 18.0 Å². The molecular weight excluding hydrogens is 375 g/mol. The van der Waals surface area contributed by atoms with E-state index in [0.29, 0.717) is 17.7 Å². The number of halogens is 3. The van der Waals surface area contributed by atoms with E-state index in [-0.39, 0.29) is 24.0 Å². The molecule has 0 saturated heterocycles. The lowest BCUT2D eigenvalue weighted by molar-refractivity contribution is -0.145. The van der Waals surface area contributed by atoms with Gasteiger partial charge in [0.1, 0.15) is 5.69 Å². The van der Waals surface area contributed by atoms with Gasteiger partial charge in [-0.2, -0.15) is 13.2 Å². The van der Waals surface area contributed by atoms with Crippen molar-refractivity contribution in [2.24, 2.45) is 0 Å². The van der Waals surface area contributed by atoms with Crippen molar-refractivity contribution in [2.45, 2.75) is 19.3 Å². The molecule has 0 atom stereocenters. The van der Waals surface area contributed by atoms with Crippen molar-refractivity contribution in [1.82, 2.24) is 24.6 Å². The molecule has 1 amide bonds. The van der Waals surface area contributed by atoms with Crippen LogP contribution >= 0.6 is 0 Å². The number of carbonyl (C=O) groups is 1. The zero-order chi connectivity index (χ0) is 19.9. The Bertz CT molecular complexity index is 1030. The highest BCUT2D eigenvalue weighted by molar-refractivity contribution is 5.98. The summed E-state index contributed by atoms with van der Waals surface area (Å²) in [5.41, 5.74) is 2.46. The summed E-state index contributed by atoms with van der Waals surface area (Å²) in [6, 6.07) is 7.35. The number of carbonyl (C=O) groups excluding carboxylic acids is 1. The Labute approximate surface area is 157 Å². The predicted octanol–water partition coefficient (Wildman–Crippen LogP) is 2.85. The molecule has 3 heterocycles. The first kappa shape index (κ1) is 18.0. The summed E-state index contributed by atoms with van der Waals surface area (Å²) >= 11 is 0. The smallest absolute Gasteiger partial charge is 0.451 e. The largest absolute Gasteiger partial charge is 0.480 e. The Hall–Kier alpha value is -3.43. The van der Waals surface area contributed by atoms with Gasteiger partial charge < -0.3 is 9.64 Å². The molecule has 0 N–H and O–H groups in total. The Morgan fingerprint density at radius 1 is 1.18 bits per heavy atom. The van der Waals surface area contributed by atoms with Gasteiger partial charge in [0.05, 0.1) is 31.6 Å². The van der Waals surface area contributed by atoms with Gasteiger partial charge in [0.2, 0.25) is 11.7 Å². The first-order chi connectivity index (χ1) is 13.4. The number of aromatic nitrogens is 4. The first-order valence-corrected chi connectivity index (χ1v) is 8.26. The van der Waals surface area contributed by atoms with Crippen LogP contribution in [0.1, 0.15) is 27.3 Å². The van der Waals surface area contributed by atoms with Gasteiger partial charge in [-0.25, -0.2) is 14.6 Å². The van der Waals surface area contributed by atoms with Crippen molar-refractivity contribution < 1.29 is 22.7 Å². The van der Waals surface area contributed by atoms with Gasteiger partial charge in [-0.1, -0.05) is 18.2 Å². The minimum Gasteiger partial charge on any atom is -0.480 e. The van der Waals surface area contributed by atoms with Crippen molar-refractivity contribution >= 4 is 5.91 Å². The average molecular weight is 389 g/mol. The number of methoxy groups -OCH3 is 1. The molecule has 0 saturated carbocycles.